The second kappa shape index (κ2) is 9.62. The van der Waals surface area contributed by atoms with E-state index in [1.54, 1.807) is 12.1 Å². The van der Waals surface area contributed by atoms with Crippen LogP contribution in [0.4, 0.5) is 19.0 Å². The van der Waals surface area contributed by atoms with E-state index in [2.05, 4.69) is 25.0 Å². The number of ether oxygens (including phenoxy) is 2. The maximum absolute atomic E-state index is 12.3. The second-order valence-corrected chi connectivity index (χ2v) is 8.43. The highest BCUT2D eigenvalue weighted by Gasteiger charge is 2.30. The number of rotatable bonds is 8. The van der Waals surface area contributed by atoms with Crippen LogP contribution >= 0.6 is 11.3 Å². The van der Waals surface area contributed by atoms with Crippen LogP contribution in [0.2, 0.25) is 0 Å². The van der Waals surface area contributed by atoms with Gasteiger partial charge >= 0.3 is 12.4 Å². The number of fused-ring (bicyclic) bond motifs is 1. The lowest BCUT2D eigenvalue weighted by atomic mass is 10.0. The van der Waals surface area contributed by atoms with Crippen LogP contribution in [0.25, 0.3) is 21.5 Å². The summed E-state index contributed by atoms with van der Waals surface area (Å²) in [7, 11) is 1.53. The third-order valence-corrected chi connectivity index (χ3v) is 5.70. The van der Waals surface area contributed by atoms with E-state index in [0.717, 1.165) is 44.9 Å². The number of benzene rings is 2. The van der Waals surface area contributed by atoms with E-state index in [1.165, 1.54) is 30.6 Å². The molecular weight excluding hydrogens is 453 g/mol. The molecule has 6 nitrogen and oxygen atoms in total. The summed E-state index contributed by atoms with van der Waals surface area (Å²) >= 11 is 1.50. The van der Waals surface area contributed by atoms with Gasteiger partial charge in [-0.25, -0.2) is 4.98 Å². The predicted molar refractivity (Wildman–Crippen MR) is 122 cm³/mol. The molecule has 0 atom stereocenters. The zero-order valence-electron chi connectivity index (χ0n) is 17.9. The van der Waals surface area contributed by atoms with Crippen LogP contribution in [-0.4, -0.2) is 35.0 Å². The molecule has 0 bridgehead atoms. The summed E-state index contributed by atoms with van der Waals surface area (Å²) in [5.41, 5.74) is 3.64. The van der Waals surface area contributed by atoms with Gasteiger partial charge in [-0.3, -0.25) is 0 Å². The molecule has 0 unspecified atom stereocenters. The molecule has 0 saturated heterocycles. The lowest BCUT2D eigenvalue weighted by molar-refractivity contribution is -0.274. The Kier molecular flexibility index (Phi) is 6.64. The molecule has 0 amide bonds. The standard InChI is InChI=1S/C23H21F3N4O2S/c1-14-28-19-20(29-22(31-2)30-21(19)33-14)27-13-3-4-15-5-7-16(8-6-15)17-9-11-18(12-10-17)32-23(24,25)26/h5-12H,3-4,13H2,1-2H3,(H,27,29,30). The smallest absolute Gasteiger partial charge is 0.467 e. The van der Waals surface area contributed by atoms with Gasteiger partial charge in [0.15, 0.2) is 10.6 Å². The summed E-state index contributed by atoms with van der Waals surface area (Å²) in [6, 6.07) is 14.1. The second-order valence-electron chi connectivity index (χ2n) is 7.24. The largest absolute Gasteiger partial charge is 0.573 e. The summed E-state index contributed by atoms with van der Waals surface area (Å²) in [5, 5.41) is 4.24. The fraction of sp³-hybridized carbons (Fsp3) is 0.261. The summed E-state index contributed by atoms with van der Waals surface area (Å²) < 4.78 is 46.0. The van der Waals surface area contributed by atoms with Crippen molar-refractivity contribution in [2.75, 3.05) is 19.0 Å². The van der Waals surface area contributed by atoms with Crippen LogP contribution in [0, 0.1) is 6.92 Å². The van der Waals surface area contributed by atoms with Gasteiger partial charge < -0.3 is 14.8 Å². The molecule has 0 radical (unpaired) electrons. The zero-order valence-corrected chi connectivity index (χ0v) is 18.8. The molecule has 4 aromatic rings. The van der Waals surface area contributed by atoms with Crippen molar-refractivity contribution in [1.29, 1.82) is 0 Å². The first-order valence-corrected chi connectivity index (χ1v) is 11.0. The van der Waals surface area contributed by atoms with E-state index in [-0.39, 0.29) is 5.75 Å². The van der Waals surface area contributed by atoms with E-state index >= 15 is 0 Å². The van der Waals surface area contributed by atoms with Crippen molar-refractivity contribution in [3.63, 3.8) is 0 Å². The fourth-order valence-corrected chi connectivity index (χ4v) is 4.11. The summed E-state index contributed by atoms with van der Waals surface area (Å²) in [6.45, 7) is 2.63. The Morgan fingerprint density at radius 2 is 1.61 bits per heavy atom. The number of alkyl halides is 3. The minimum Gasteiger partial charge on any atom is -0.467 e. The van der Waals surface area contributed by atoms with Gasteiger partial charge in [-0.05, 0) is 48.6 Å². The third-order valence-electron chi connectivity index (χ3n) is 4.84. The lowest BCUT2D eigenvalue weighted by Gasteiger charge is -2.10. The molecule has 0 aliphatic heterocycles. The molecule has 1 N–H and O–H groups in total. The molecular formula is C23H21F3N4O2S. The number of aromatic nitrogens is 3. The minimum absolute atomic E-state index is 0.234. The molecule has 0 fully saturated rings. The molecule has 0 aliphatic carbocycles. The summed E-state index contributed by atoms with van der Waals surface area (Å²) in [6.07, 6.45) is -2.96. The van der Waals surface area contributed by atoms with Crippen LogP contribution in [0.5, 0.6) is 11.8 Å². The topological polar surface area (TPSA) is 69.2 Å². The number of thiazole rings is 1. The summed E-state index contributed by atoms with van der Waals surface area (Å²) in [5.74, 6) is 0.427. The SMILES string of the molecule is COc1nc(NCCCc2ccc(-c3ccc(OC(F)(F)F)cc3)cc2)c2nc(C)sc2n1. The quantitative estimate of drug-likeness (QED) is 0.315. The molecule has 2 aromatic carbocycles. The van der Waals surface area contributed by atoms with Crippen molar-refractivity contribution in [3.8, 4) is 22.9 Å². The van der Waals surface area contributed by atoms with Crippen LogP contribution in [0.3, 0.4) is 0 Å². The normalized spacial score (nSPS) is 11.5. The molecule has 4 rings (SSSR count). The molecule has 0 aliphatic rings. The molecule has 172 valence electrons. The Bertz CT molecular complexity index is 1230. The van der Waals surface area contributed by atoms with Crippen molar-refractivity contribution in [2.24, 2.45) is 0 Å². The number of methoxy groups -OCH3 is 1. The van der Waals surface area contributed by atoms with Crippen molar-refractivity contribution in [2.45, 2.75) is 26.1 Å². The number of nitrogens with zero attached hydrogens (tertiary/aromatic N) is 3. The third kappa shape index (κ3) is 5.89. The number of hydrogen-bond acceptors (Lipinski definition) is 7. The minimum atomic E-state index is -4.69. The molecule has 2 heterocycles. The van der Waals surface area contributed by atoms with E-state index in [0.29, 0.717) is 18.4 Å². The number of anilines is 1. The van der Waals surface area contributed by atoms with Gasteiger partial charge in [0.2, 0.25) is 0 Å². The summed E-state index contributed by atoms with van der Waals surface area (Å²) in [4.78, 5) is 14.0. The predicted octanol–water partition coefficient (Wildman–Crippen LogP) is 6.01. The molecule has 0 saturated carbocycles. The van der Waals surface area contributed by atoms with E-state index in [4.69, 9.17) is 4.74 Å². The van der Waals surface area contributed by atoms with Crippen molar-refractivity contribution >= 4 is 27.5 Å². The fourth-order valence-electron chi connectivity index (χ4n) is 3.33. The van der Waals surface area contributed by atoms with Crippen LogP contribution in [0.1, 0.15) is 17.0 Å². The van der Waals surface area contributed by atoms with E-state index in [1.807, 2.05) is 31.2 Å². The number of halogens is 3. The Morgan fingerprint density at radius 3 is 2.24 bits per heavy atom. The Labute approximate surface area is 192 Å². The Balaban J connectivity index is 1.33. The first-order valence-electron chi connectivity index (χ1n) is 10.2. The lowest BCUT2D eigenvalue weighted by Crippen LogP contribution is -2.16. The van der Waals surface area contributed by atoms with Crippen LogP contribution < -0.4 is 14.8 Å². The van der Waals surface area contributed by atoms with Crippen molar-refractivity contribution in [3.05, 3.63) is 59.1 Å². The molecule has 2 aromatic heterocycles. The van der Waals surface area contributed by atoms with Gasteiger partial charge in [0.05, 0.1) is 12.1 Å². The number of hydrogen-bond donors (Lipinski definition) is 1. The Morgan fingerprint density at radius 1 is 0.939 bits per heavy atom. The molecule has 0 spiro atoms. The average molecular weight is 475 g/mol. The van der Waals surface area contributed by atoms with Gasteiger partial charge in [-0.15, -0.1) is 13.2 Å². The van der Waals surface area contributed by atoms with Gasteiger partial charge in [-0.1, -0.05) is 47.7 Å². The molecule has 33 heavy (non-hydrogen) atoms. The average Bonchev–Trinajstić information content (AvgIpc) is 3.16. The van der Waals surface area contributed by atoms with Crippen LogP contribution in [0.15, 0.2) is 48.5 Å². The first-order chi connectivity index (χ1) is 15.8. The molecule has 10 heteroatoms. The first kappa shape index (κ1) is 22.8. The van der Waals surface area contributed by atoms with Gasteiger partial charge in [0, 0.05) is 6.54 Å². The zero-order chi connectivity index (χ0) is 23.4. The van der Waals surface area contributed by atoms with Crippen molar-refractivity contribution < 1.29 is 22.6 Å². The highest BCUT2D eigenvalue weighted by Crippen LogP contribution is 2.28. The highest BCUT2D eigenvalue weighted by atomic mass is 32.1. The Hall–Kier alpha value is -3.40. The van der Waals surface area contributed by atoms with Crippen molar-refractivity contribution in [1.82, 2.24) is 15.0 Å². The van der Waals surface area contributed by atoms with E-state index < -0.39 is 6.36 Å². The van der Waals surface area contributed by atoms with Crippen LogP contribution in [-0.2, 0) is 6.42 Å². The maximum atomic E-state index is 12.3. The monoisotopic (exact) mass is 474 g/mol. The van der Waals surface area contributed by atoms with E-state index in [9.17, 15) is 13.2 Å². The highest BCUT2D eigenvalue weighted by molar-refractivity contribution is 7.18. The van der Waals surface area contributed by atoms with Gasteiger partial charge in [-0.2, -0.15) is 9.97 Å². The van der Waals surface area contributed by atoms with Gasteiger partial charge in [0.1, 0.15) is 11.3 Å². The maximum Gasteiger partial charge on any atom is 0.573 e. The number of nitrogens with one attached hydrogen (secondary N) is 1. The number of aryl methyl sites for hydroxylation is 2. The van der Waals surface area contributed by atoms with Gasteiger partial charge in [0.25, 0.3) is 0 Å².